The number of nitrogens with two attached hydrogens (primary N) is 1. The molecular formula is C16H25N7O2. The van der Waals surface area contributed by atoms with E-state index in [1.165, 1.54) is 4.68 Å². The van der Waals surface area contributed by atoms with E-state index in [0.717, 1.165) is 29.9 Å². The maximum atomic E-state index is 12.5. The van der Waals surface area contributed by atoms with Crippen molar-refractivity contribution in [3.8, 4) is 0 Å². The number of carbonyl (C=O) groups excluding carboxylic acids is 1. The van der Waals surface area contributed by atoms with Crippen molar-refractivity contribution in [1.29, 1.82) is 0 Å². The summed E-state index contributed by atoms with van der Waals surface area (Å²) in [7, 11) is 3.57. The van der Waals surface area contributed by atoms with Crippen molar-refractivity contribution in [2.75, 3.05) is 7.05 Å². The molecule has 2 aromatic rings. The lowest BCUT2D eigenvalue weighted by Crippen LogP contribution is -2.35. The Kier molecular flexibility index (Phi) is 4.76. The van der Waals surface area contributed by atoms with Gasteiger partial charge in [0.25, 0.3) is 0 Å². The first-order valence-electron chi connectivity index (χ1n) is 8.50. The number of rotatable bonds is 4. The molecule has 0 fully saturated rings. The number of aromatic nitrogens is 5. The van der Waals surface area contributed by atoms with Gasteiger partial charge in [-0.05, 0) is 19.8 Å². The van der Waals surface area contributed by atoms with Gasteiger partial charge in [-0.25, -0.2) is 9.48 Å². The maximum absolute atomic E-state index is 12.5. The van der Waals surface area contributed by atoms with E-state index in [-0.39, 0.29) is 24.2 Å². The molecule has 1 aliphatic heterocycles. The van der Waals surface area contributed by atoms with Crippen LogP contribution in [0.4, 0.5) is 0 Å². The monoisotopic (exact) mass is 347 g/mol. The van der Waals surface area contributed by atoms with Crippen LogP contribution >= 0.6 is 0 Å². The van der Waals surface area contributed by atoms with Gasteiger partial charge in [0.05, 0.1) is 5.69 Å². The summed E-state index contributed by atoms with van der Waals surface area (Å²) in [5, 5.41) is 8.62. The normalized spacial score (nSPS) is 17.2. The van der Waals surface area contributed by atoms with Crippen molar-refractivity contribution in [2.24, 2.45) is 12.8 Å². The average Bonchev–Trinajstić information content (AvgIpc) is 2.94. The third-order valence-electron chi connectivity index (χ3n) is 4.70. The molecule has 1 aliphatic rings. The topological polar surface area (TPSA) is 104 Å². The summed E-state index contributed by atoms with van der Waals surface area (Å²) in [6, 6.07) is 0.102. The number of nitrogens with zero attached hydrogens (tertiary/aromatic N) is 6. The molecule has 25 heavy (non-hydrogen) atoms. The highest BCUT2D eigenvalue weighted by molar-refractivity contribution is 5.75. The maximum Gasteiger partial charge on any atom is 0.346 e. The molecule has 0 aliphatic carbocycles. The number of amides is 1. The molecule has 9 nitrogen and oxygen atoms in total. The Morgan fingerprint density at radius 2 is 2.16 bits per heavy atom. The molecule has 1 unspecified atom stereocenters. The third kappa shape index (κ3) is 3.65. The van der Waals surface area contributed by atoms with Gasteiger partial charge in [-0.2, -0.15) is 10.2 Å². The highest BCUT2D eigenvalue weighted by atomic mass is 16.2. The minimum atomic E-state index is -0.233. The van der Waals surface area contributed by atoms with Crippen molar-refractivity contribution in [2.45, 2.75) is 51.9 Å². The number of fused-ring (bicyclic) bond motifs is 1. The fourth-order valence-corrected chi connectivity index (χ4v) is 3.15. The van der Waals surface area contributed by atoms with Crippen LogP contribution in [0, 0.1) is 6.92 Å². The molecule has 1 atom stereocenters. The fourth-order valence-electron chi connectivity index (χ4n) is 3.15. The molecular weight excluding hydrogens is 322 g/mol. The molecule has 0 saturated heterocycles. The molecule has 0 spiro atoms. The quantitative estimate of drug-likeness (QED) is 0.796. The van der Waals surface area contributed by atoms with Gasteiger partial charge < -0.3 is 10.6 Å². The van der Waals surface area contributed by atoms with E-state index in [1.807, 2.05) is 20.2 Å². The van der Waals surface area contributed by atoms with Gasteiger partial charge in [0.1, 0.15) is 12.4 Å². The molecule has 0 saturated carbocycles. The summed E-state index contributed by atoms with van der Waals surface area (Å²) < 4.78 is 4.64. The zero-order chi connectivity index (χ0) is 18.1. The van der Waals surface area contributed by atoms with Gasteiger partial charge in [-0.15, -0.1) is 0 Å². The highest BCUT2D eigenvalue weighted by Crippen LogP contribution is 2.11. The van der Waals surface area contributed by atoms with Crippen LogP contribution in [-0.4, -0.2) is 48.0 Å². The van der Waals surface area contributed by atoms with Crippen molar-refractivity contribution in [3.05, 3.63) is 33.8 Å². The predicted octanol–water partition coefficient (Wildman–Crippen LogP) is -0.591. The summed E-state index contributed by atoms with van der Waals surface area (Å²) in [4.78, 5) is 26.6. The number of aryl methyl sites for hydroxylation is 3. The van der Waals surface area contributed by atoms with Crippen LogP contribution in [0.25, 0.3) is 0 Å². The van der Waals surface area contributed by atoms with Gasteiger partial charge in [0.2, 0.25) is 5.91 Å². The molecule has 3 rings (SSSR count). The second-order valence-electron chi connectivity index (χ2n) is 6.76. The summed E-state index contributed by atoms with van der Waals surface area (Å²) in [6.07, 6.45) is 4.13. The van der Waals surface area contributed by atoms with Gasteiger partial charge in [0, 0.05) is 51.4 Å². The van der Waals surface area contributed by atoms with Gasteiger partial charge in [0.15, 0.2) is 0 Å². The minimum absolute atomic E-state index is 0.0549. The highest BCUT2D eigenvalue weighted by Gasteiger charge is 2.21. The summed E-state index contributed by atoms with van der Waals surface area (Å²) in [6.45, 7) is 2.87. The van der Waals surface area contributed by atoms with Crippen molar-refractivity contribution in [3.63, 3.8) is 0 Å². The van der Waals surface area contributed by atoms with Crippen LogP contribution in [0.1, 0.15) is 29.9 Å². The number of hydrogen-bond acceptors (Lipinski definition) is 5. The van der Waals surface area contributed by atoms with E-state index in [9.17, 15) is 9.59 Å². The summed E-state index contributed by atoms with van der Waals surface area (Å²) in [5.41, 5.74) is 7.60. The Morgan fingerprint density at radius 1 is 1.40 bits per heavy atom. The molecule has 1 amide bonds. The molecule has 2 N–H and O–H groups in total. The standard InChI is InChI=1S/C16H25N7O2/c1-11-12(9-21(3)18-11)8-20(2)15(24)10-23-16(25)22-7-6-13(17)4-5-14(22)19-23/h9,13H,4-8,10,17H2,1-3H3. The molecule has 9 heteroatoms. The van der Waals surface area contributed by atoms with Gasteiger partial charge in [-0.3, -0.25) is 14.0 Å². The molecule has 0 bridgehead atoms. The van der Waals surface area contributed by atoms with Crippen LogP contribution < -0.4 is 11.4 Å². The summed E-state index contributed by atoms with van der Waals surface area (Å²) >= 11 is 0. The molecule has 136 valence electrons. The predicted molar refractivity (Wildman–Crippen MR) is 91.8 cm³/mol. The van der Waals surface area contributed by atoms with E-state index in [0.29, 0.717) is 19.5 Å². The van der Waals surface area contributed by atoms with E-state index in [4.69, 9.17) is 5.73 Å². The molecule has 3 heterocycles. The first kappa shape index (κ1) is 17.4. The van der Waals surface area contributed by atoms with E-state index >= 15 is 0 Å². The van der Waals surface area contributed by atoms with E-state index < -0.39 is 0 Å². The zero-order valence-electron chi connectivity index (χ0n) is 15.0. The molecule has 0 radical (unpaired) electrons. The first-order chi connectivity index (χ1) is 11.8. The summed E-state index contributed by atoms with van der Waals surface area (Å²) in [5.74, 6) is 0.562. The lowest BCUT2D eigenvalue weighted by Gasteiger charge is -2.16. The second-order valence-corrected chi connectivity index (χ2v) is 6.76. The van der Waals surface area contributed by atoms with Crippen LogP contribution in [-0.2, 0) is 37.9 Å². The fraction of sp³-hybridized carbons (Fsp3) is 0.625. The lowest BCUT2D eigenvalue weighted by atomic mass is 10.1. The van der Waals surface area contributed by atoms with Crippen LogP contribution in [0.15, 0.2) is 11.0 Å². The Hall–Kier alpha value is -2.42. The molecule has 0 aromatic carbocycles. The van der Waals surface area contributed by atoms with Gasteiger partial charge in [-0.1, -0.05) is 0 Å². The first-order valence-corrected chi connectivity index (χ1v) is 8.50. The Morgan fingerprint density at radius 3 is 2.84 bits per heavy atom. The van der Waals surface area contributed by atoms with Crippen molar-refractivity contribution < 1.29 is 4.79 Å². The van der Waals surface area contributed by atoms with E-state index in [2.05, 4.69) is 10.2 Å². The Labute approximate surface area is 146 Å². The average molecular weight is 347 g/mol. The Bertz CT molecular complexity index is 832. The zero-order valence-corrected chi connectivity index (χ0v) is 15.0. The number of hydrogen-bond donors (Lipinski definition) is 1. The third-order valence-corrected chi connectivity index (χ3v) is 4.70. The second kappa shape index (κ2) is 6.83. The van der Waals surface area contributed by atoms with Crippen LogP contribution in [0.3, 0.4) is 0 Å². The number of likely N-dealkylation sites (N-methyl/N-ethyl adjacent to an activating group) is 1. The largest absolute Gasteiger partial charge is 0.346 e. The minimum Gasteiger partial charge on any atom is -0.340 e. The Balaban J connectivity index is 1.70. The smallest absolute Gasteiger partial charge is 0.340 e. The van der Waals surface area contributed by atoms with Crippen LogP contribution in [0.2, 0.25) is 0 Å². The van der Waals surface area contributed by atoms with Gasteiger partial charge >= 0.3 is 5.69 Å². The number of carbonyl (C=O) groups is 1. The van der Waals surface area contributed by atoms with Crippen LogP contribution in [0.5, 0.6) is 0 Å². The SMILES string of the molecule is Cc1nn(C)cc1CN(C)C(=O)Cn1nc2n(c1=O)CCC(N)CC2. The van der Waals surface area contributed by atoms with Crippen molar-refractivity contribution in [1.82, 2.24) is 29.0 Å². The van der Waals surface area contributed by atoms with E-state index in [1.54, 1.807) is 21.2 Å². The lowest BCUT2D eigenvalue weighted by molar-refractivity contribution is -0.131. The molecule has 2 aromatic heterocycles. The van der Waals surface area contributed by atoms with Crippen molar-refractivity contribution >= 4 is 5.91 Å².